The molecule has 2 aromatic rings. The van der Waals surface area contributed by atoms with Crippen molar-refractivity contribution in [2.24, 2.45) is 10.2 Å². The van der Waals surface area contributed by atoms with Crippen LogP contribution in [0.2, 0.25) is 5.02 Å². The smallest absolute Gasteiger partial charge is 0.271 e. The molecular formula is C16H15Br2ClN4O4. The number of hydrogen-bond donors (Lipinski definition) is 2. The van der Waals surface area contributed by atoms with E-state index in [2.05, 4.69) is 42.1 Å². The average molecular weight is 523 g/mol. The lowest BCUT2D eigenvalue weighted by molar-refractivity contribution is -0.385. The Balaban J connectivity index is 2.29. The van der Waals surface area contributed by atoms with Gasteiger partial charge in [-0.15, -0.1) is 10.2 Å². The summed E-state index contributed by atoms with van der Waals surface area (Å²) < 4.78 is 0.828. The van der Waals surface area contributed by atoms with Crippen LogP contribution in [0.5, 0.6) is 0 Å². The third kappa shape index (κ3) is 5.69. The van der Waals surface area contributed by atoms with E-state index in [0.29, 0.717) is 38.4 Å². The van der Waals surface area contributed by atoms with Crippen LogP contribution in [0.15, 0.2) is 49.5 Å². The third-order valence-corrected chi connectivity index (χ3v) is 5.02. The first-order valence-corrected chi connectivity index (χ1v) is 9.65. The van der Waals surface area contributed by atoms with E-state index in [0.717, 1.165) is 5.69 Å². The number of nitro benzene ring substituents is 1. The van der Waals surface area contributed by atoms with E-state index in [9.17, 15) is 10.1 Å². The maximum absolute atomic E-state index is 10.9. The predicted molar refractivity (Wildman–Crippen MR) is 111 cm³/mol. The highest BCUT2D eigenvalue weighted by Gasteiger charge is 2.14. The molecule has 0 radical (unpaired) electrons. The number of nitrogens with zero attached hydrogens (tertiary/aromatic N) is 4. The standard InChI is InChI=1S/C16H15Br2ClN4O4/c17-12-7-11(23(26)27)8-13(18)16(12)21-20-15-2-1-10(9-14(15)19)22(3-5-24)4-6-25/h1-2,7-9,24-25H,3-6H2. The van der Waals surface area contributed by atoms with Crippen molar-refractivity contribution >= 4 is 66.2 Å². The summed E-state index contributed by atoms with van der Waals surface area (Å²) >= 11 is 12.8. The lowest BCUT2D eigenvalue weighted by Gasteiger charge is -2.23. The number of aliphatic hydroxyl groups is 2. The number of non-ortho nitro benzene ring substituents is 1. The fourth-order valence-electron chi connectivity index (χ4n) is 2.24. The van der Waals surface area contributed by atoms with Crippen molar-refractivity contribution in [3.63, 3.8) is 0 Å². The Bertz CT molecular complexity index is 837. The topological polar surface area (TPSA) is 112 Å². The fraction of sp³-hybridized carbons (Fsp3) is 0.250. The largest absolute Gasteiger partial charge is 0.395 e. The molecule has 0 spiro atoms. The van der Waals surface area contributed by atoms with Gasteiger partial charge in [0.15, 0.2) is 0 Å². The molecular weight excluding hydrogens is 507 g/mol. The minimum Gasteiger partial charge on any atom is -0.395 e. The summed E-state index contributed by atoms with van der Waals surface area (Å²) in [5.41, 5.74) is 1.45. The normalized spacial score (nSPS) is 11.1. The summed E-state index contributed by atoms with van der Waals surface area (Å²) in [5, 5.41) is 37.7. The van der Waals surface area contributed by atoms with Gasteiger partial charge < -0.3 is 15.1 Å². The summed E-state index contributed by atoms with van der Waals surface area (Å²) in [4.78, 5) is 12.2. The monoisotopic (exact) mass is 520 g/mol. The second kappa shape index (κ2) is 10.1. The first kappa shape index (κ1) is 21.7. The van der Waals surface area contributed by atoms with Gasteiger partial charge in [0.1, 0.15) is 11.4 Å². The lowest BCUT2D eigenvalue weighted by atomic mass is 10.2. The van der Waals surface area contributed by atoms with E-state index in [1.807, 2.05) is 0 Å². The molecule has 0 atom stereocenters. The molecule has 0 aromatic heterocycles. The van der Waals surface area contributed by atoms with Crippen LogP contribution in [-0.2, 0) is 0 Å². The van der Waals surface area contributed by atoms with E-state index in [4.69, 9.17) is 21.8 Å². The molecule has 0 saturated carbocycles. The van der Waals surface area contributed by atoms with Gasteiger partial charge in [-0.1, -0.05) is 11.6 Å². The fourth-order valence-corrected chi connectivity index (χ4v) is 3.78. The molecule has 0 aliphatic heterocycles. The van der Waals surface area contributed by atoms with E-state index < -0.39 is 4.92 Å². The molecule has 0 amide bonds. The molecule has 2 rings (SSSR count). The van der Waals surface area contributed by atoms with E-state index >= 15 is 0 Å². The molecule has 0 bridgehead atoms. The molecule has 27 heavy (non-hydrogen) atoms. The minimum atomic E-state index is -0.503. The van der Waals surface area contributed by atoms with Gasteiger partial charge in [0.2, 0.25) is 0 Å². The zero-order valence-corrected chi connectivity index (χ0v) is 17.8. The van der Waals surface area contributed by atoms with Gasteiger partial charge in [0.25, 0.3) is 5.69 Å². The predicted octanol–water partition coefficient (Wildman–Crippen LogP) is 4.98. The molecule has 8 nitrogen and oxygen atoms in total. The van der Waals surface area contributed by atoms with Crippen LogP contribution in [-0.4, -0.2) is 41.4 Å². The zero-order chi connectivity index (χ0) is 20.0. The number of halogens is 3. The number of benzene rings is 2. The highest BCUT2D eigenvalue weighted by Crippen LogP contribution is 2.39. The molecule has 0 aliphatic carbocycles. The van der Waals surface area contributed by atoms with Gasteiger partial charge in [-0.25, -0.2) is 0 Å². The Hall–Kier alpha value is -1.59. The Labute approximate surface area is 176 Å². The molecule has 2 aromatic carbocycles. The Morgan fingerprint density at radius 2 is 1.67 bits per heavy atom. The Morgan fingerprint density at radius 3 is 2.15 bits per heavy atom. The molecule has 0 aliphatic rings. The maximum atomic E-state index is 10.9. The molecule has 11 heteroatoms. The quantitative estimate of drug-likeness (QED) is 0.289. The average Bonchev–Trinajstić information content (AvgIpc) is 2.61. The van der Waals surface area contributed by atoms with Crippen LogP contribution in [0.25, 0.3) is 0 Å². The van der Waals surface area contributed by atoms with Crippen LogP contribution in [0.3, 0.4) is 0 Å². The van der Waals surface area contributed by atoms with Gasteiger partial charge in [-0.2, -0.15) is 0 Å². The summed E-state index contributed by atoms with van der Waals surface area (Å²) in [6.45, 7) is 0.615. The summed E-state index contributed by atoms with van der Waals surface area (Å²) in [7, 11) is 0. The van der Waals surface area contributed by atoms with Crippen molar-refractivity contribution in [2.75, 3.05) is 31.2 Å². The van der Waals surface area contributed by atoms with Crippen LogP contribution in [0.4, 0.5) is 22.7 Å². The van der Waals surface area contributed by atoms with Crippen molar-refractivity contribution in [2.45, 2.75) is 0 Å². The minimum absolute atomic E-state index is 0.0543. The second-order valence-electron chi connectivity index (χ2n) is 5.29. The summed E-state index contributed by atoms with van der Waals surface area (Å²) in [6.07, 6.45) is 0. The van der Waals surface area contributed by atoms with Gasteiger partial charge in [-0.3, -0.25) is 10.1 Å². The van der Waals surface area contributed by atoms with Crippen molar-refractivity contribution < 1.29 is 15.1 Å². The van der Waals surface area contributed by atoms with Crippen LogP contribution in [0, 0.1) is 10.1 Å². The SMILES string of the molecule is O=[N+]([O-])c1cc(Br)c(N=Nc2ccc(N(CCO)CCO)cc2Cl)c(Br)c1. The van der Waals surface area contributed by atoms with Gasteiger partial charge in [0.05, 0.1) is 32.1 Å². The van der Waals surface area contributed by atoms with Crippen molar-refractivity contribution in [3.05, 3.63) is 54.4 Å². The van der Waals surface area contributed by atoms with E-state index in [1.54, 1.807) is 23.1 Å². The number of hydrogen-bond acceptors (Lipinski definition) is 7. The van der Waals surface area contributed by atoms with E-state index in [1.165, 1.54) is 12.1 Å². The van der Waals surface area contributed by atoms with Crippen LogP contribution < -0.4 is 4.90 Å². The maximum Gasteiger partial charge on any atom is 0.271 e. The molecule has 0 saturated heterocycles. The molecule has 0 unspecified atom stereocenters. The number of anilines is 1. The number of azo groups is 1. The van der Waals surface area contributed by atoms with Gasteiger partial charge in [0, 0.05) is 30.9 Å². The number of nitro groups is 1. The van der Waals surface area contributed by atoms with Crippen molar-refractivity contribution in [1.29, 1.82) is 0 Å². The summed E-state index contributed by atoms with van der Waals surface area (Å²) in [6, 6.07) is 7.76. The number of rotatable bonds is 8. The summed E-state index contributed by atoms with van der Waals surface area (Å²) in [5.74, 6) is 0. The van der Waals surface area contributed by atoms with Gasteiger partial charge in [-0.05, 0) is 50.1 Å². The molecule has 0 heterocycles. The van der Waals surface area contributed by atoms with Crippen LogP contribution >= 0.6 is 43.5 Å². The highest BCUT2D eigenvalue weighted by atomic mass is 79.9. The third-order valence-electron chi connectivity index (χ3n) is 3.51. The first-order chi connectivity index (χ1) is 12.9. The molecule has 144 valence electrons. The molecule has 0 fully saturated rings. The molecule has 2 N–H and O–H groups in total. The van der Waals surface area contributed by atoms with E-state index in [-0.39, 0.29) is 18.9 Å². The first-order valence-electron chi connectivity index (χ1n) is 7.68. The zero-order valence-electron chi connectivity index (χ0n) is 13.8. The number of aliphatic hydroxyl groups excluding tert-OH is 2. The highest BCUT2D eigenvalue weighted by molar-refractivity contribution is 9.11. The second-order valence-corrected chi connectivity index (χ2v) is 7.40. The van der Waals surface area contributed by atoms with Crippen molar-refractivity contribution in [3.8, 4) is 0 Å². The van der Waals surface area contributed by atoms with Crippen LogP contribution in [0.1, 0.15) is 0 Å². The Kier molecular flexibility index (Phi) is 8.11. The van der Waals surface area contributed by atoms with Crippen molar-refractivity contribution in [1.82, 2.24) is 0 Å². The van der Waals surface area contributed by atoms with Gasteiger partial charge >= 0.3 is 0 Å². The Morgan fingerprint density at radius 1 is 1.07 bits per heavy atom. The lowest BCUT2D eigenvalue weighted by Crippen LogP contribution is -2.29.